The topological polar surface area (TPSA) is 86.8 Å². The first-order valence-corrected chi connectivity index (χ1v) is 11.7. The molecule has 3 aromatic carbocycles. The summed E-state index contributed by atoms with van der Waals surface area (Å²) in [7, 11) is -4.18. The molecule has 0 radical (unpaired) electrons. The van der Waals surface area contributed by atoms with E-state index in [9.17, 15) is 18.0 Å². The second-order valence-corrected chi connectivity index (χ2v) is 9.67. The molecule has 0 unspecified atom stereocenters. The lowest BCUT2D eigenvalue weighted by atomic mass is 10.2. The van der Waals surface area contributed by atoms with Gasteiger partial charge in [0.1, 0.15) is 13.1 Å². The fourth-order valence-electron chi connectivity index (χ4n) is 3.36. The lowest BCUT2D eigenvalue weighted by molar-refractivity contribution is -0.121. The molecule has 0 atom stereocenters. The molecule has 164 valence electrons. The zero-order chi connectivity index (χ0) is 22.9. The molecule has 2 amide bonds. The van der Waals surface area contributed by atoms with E-state index in [0.29, 0.717) is 11.4 Å². The summed E-state index contributed by atoms with van der Waals surface area (Å²) in [5.74, 6) is -0.974. The number of rotatable bonds is 5. The first kappa shape index (κ1) is 22.1. The number of nitrogens with one attached hydrogen (secondary N) is 1. The van der Waals surface area contributed by atoms with Crippen molar-refractivity contribution in [2.75, 3.05) is 27.6 Å². The number of anilines is 3. The molecule has 0 aromatic heterocycles. The predicted molar refractivity (Wildman–Crippen MR) is 125 cm³/mol. The third-order valence-corrected chi connectivity index (χ3v) is 7.19. The first-order valence-electron chi connectivity index (χ1n) is 9.49. The van der Waals surface area contributed by atoms with Crippen molar-refractivity contribution in [3.8, 4) is 0 Å². The van der Waals surface area contributed by atoms with E-state index < -0.39 is 22.5 Å². The van der Waals surface area contributed by atoms with Crippen LogP contribution in [0.1, 0.15) is 0 Å². The highest BCUT2D eigenvalue weighted by Crippen LogP contribution is 2.34. The summed E-state index contributed by atoms with van der Waals surface area (Å²) in [5, 5.41) is 3.07. The summed E-state index contributed by atoms with van der Waals surface area (Å²) >= 11 is 12.4. The molecule has 0 fully saturated rings. The maximum atomic E-state index is 13.5. The normalized spacial score (nSPS) is 13.3. The Morgan fingerprint density at radius 2 is 1.69 bits per heavy atom. The molecule has 4 rings (SSSR count). The van der Waals surface area contributed by atoms with Gasteiger partial charge in [0, 0.05) is 5.02 Å². The Hall–Kier alpha value is -3.07. The Kier molecular flexibility index (Phi) is 6.10. The minimum absolute atomic E-state index is 0.0133. The minimum atomic E-state index is -4.18. The van der Waals surface area contributed by atoms with Crippen LogP contribution in [0.4, 0.5) is 17.1 Å². The summed E-state index contributed by atoms with van der Waals surface area (Å²) in [5.41, 5.74) is 1.01. The maximum Gasteiger partial charge on any atom is 0.264 e. The number of benzene rings is 3. The summed E-state index contributed by atoms with van der Waals surface area (Å²) in [6, 6.07) is 18.9. The number of sulfonamides is 1. The highest BCUT2D eigenvalue weighted by Gasteiger charge is 2.33. The zero-order valence-electron chi connectivity index (χ0n) is 16.5. The molecule has 0 spiro atoms. The first-order chi connectivity index (χ1) is 15.3. The van der Waals surface area contributed by atoms with Crippen LogP contribution in [-0.2, 0) is 19.6 Å². The van der Waals surface area contributed by atoms with E-state index >= 15 is 0 Å². The van der Waals surface area contributed by atoms with Crippen molar-refractivity contribution in [1.29, 1.82) is 0 Å². The summed E-state index contributed by atoms with van der Waals surface area (Å²) in [4.78, 5) is 26.7. The van der Waals surface area contributed by atoms with Crippen LogP contribution in [0.25, 0.3) is 0 Å². The molecule has 3 aromatic rings. The van der Waals surface area contributed by atoms with Gasteiger partial charge < -0.3 is 5.32 Å². The molecule has 1 heterocycles. The fourth-order valence-corrected chi connectivity index (χ4v) is 5.24. The van der Waals surface area contributed by atoms with Crippen molar-refractivity contribution >= 4 is 62.1 Å². The van der Waals surface area contributed by atoms with Crippen LogP contribution in [-0.4, -0.2) is 33.3 Å². The average molecular weight is 490 g/mol. The van der Waals surface area contributed by atoms with E-state index in [4.69, 9.17) is 23.2 Å². The average Bonchev–Trinajstić information content (AvgIpc) is 2.79. The summed E-state index contributed by atoms with van der Waals surface area (Å²) in [6.07, 6.45) is 0. The quantitative estimate of drug-likeness (QED) is 0.582. The molecule has 7 nitrogen and oxygen atoms in total. The van der Waals surface area contributed by atoms with Crippen LogP contribution in [0, 0.1) is 0 Å². The van der Waals surface area contributed by atoms with E-state index in [1.807, 2.05) is 0 Å². The Balaban J connectivity index is 1.77. The van der Waals surface area contributed by atoms with E-state index in [1.54, 1.807) is 42.5 Å². The molecule has 10 heteroatoms. The highest BCUT2D eigenvalue weighted by molar-refractivity contribution is 7.92. The number of fused-ring (bicyclic) bond motifs is 1. The summed E-state index contributed by atoms with van der Waals surface area (Å²) < 4.78 is 27.9. The maximum absolute atomic E-state index is 13.5. The Bertz CT molecular complexity index is 1300. The molecule has 0 saturated heterocycles. The highest BCUT2D eigenvalue weighted by atomic mass is 35.5. The van der Waals surface area contributed by atoms with E-state index in [1.165, 1.54) is 35.2 Å². The van der Waals surface area contributed by atoms with E-state index in [0.717, 1.165) is 4.31 Å². The smallest absolute Gasteiger partial charge is 0.264 e. The number of para-hydroxylation sites is 2. The van der Waals surface area contributed by atoms with E-state index in [-0.39, 0.29) is 33.1 Å². The van der Waals surface area contributed by atoms with Crippen LogP contribution in [0.2, 0.25) is 10.0 Å². The van der Waals surface area contributed by atoms with Crippen LogP contribution in [0.15, 0.2) is 77.7 Å². The van der Waals surface area contributed by atoms with Crippen LogP contribution < -0.4 is 14.5 Å². The van der Waals surface area contributed by atoms with Gasteiger partial charge in [-0.3, -0.25) is 18.8 Å². The van der Waals surface area contributed by atoms with Gasteiger partial charge in [-0.15, -0.1) is 0 Å². The third-order valence-electron chi connectivity index (χ3n) is 4.86. The minimum Gasteiger partial charge on any atom is -0.323 e. The van der Waals surface area contributed by atoms with Gasteiger partial charge in [-0.2, -0.15) is 0 Å². The SMILES string of the molecule is O=C1CN(C(=O)CN(c2cc(Cl)ccc2Cl)S(=O)(=O)c2ccccc2)c2ccccc2N1. The van der Waals surface area contributed by atoms with Crippen LogP contribution in [0.5, 0.6) is 0 Å². The van der Waals surface area contributed by atoms with Gasteiger partial charge in [-0.1, -0.05) is 53.5 Å². The van der Waals surface area contributed by atoms with Gasteiger partial charge in [-0.05, 0) is 42.5 Å². The molecule has 0 aliphatic carbocycles. The number of amides is 2. The number of halogens is 2. The van der Waals surface area contributed by atoms with Crippen molar-refractivity contribution in [1.82, 2.24) is 0 Å². The molecule has 0 saturated carbocycles. The Morgan fingerprint density at radius 3 is 2.44 bits per heavy atom. The number of hydrogen-bond acceptors (Lipinski definition) is 4. The monoisotopic (exact) mass is 489 g/mol. The number of nitrogens with zero attached hydrogens (tertiary/aromatic N) is 2. The largest absolute Gasteiger partial charge is 0.323 e. The van der Waals surface area contributed by atoms with Crippen molar-refractivity contribution in [3.63, 3.8) is 0 Å². The van der Waals surface area contributed by atoms with Crippen LogP contribution in [0.3, 0.4) is 0 Å². The fraction of sp³-hybridized carbons (Fsp3) is 0.0909. The van der Waals surface area contributed by atoms with Crippen LogP contribution >= 0.6 is 23.2 Å². The van der Waals surface area contributed by atoms with Gasteiger partial charge >= 0.3 is 0 Å². The predicted octanol–water partition coefficient (Wildman–Crippen LogP) is 4.17. The number of hydrogen-bond donors (Lipinski definition) is 1. The van der Waals surface area contributed by atoms with Gasteiger partial charge in [0.25, 0.3) is 10.0 Å². The second-order valence-electron chi connectivity index (χ2n) is 6.97. The standard InChI is InChI=1S/C22H17Cl2N3O4S/c23-15-10-11-17(24)20(12-15)27(32(30,31)16-6-2-1-3-7-16)14-22(29)26-13-21(28)25-18-8-4-5-9-19(18)26/h1-12H,13-14H2,(H,25,28). The molecule has 1 aliphatic rings. The molecular weight excluding hydrogens is 473 g/mol. The third kappa shape index (κ3) is 4.29. The van der Waals surface area contributed by atoms with Crippen molar-refractivity contribution in [2.24, 2.45) is 0 Å². The van der Waals surface area contributed by atoms with E-state index in [2.05, 4.69) is 5.32 Å². The lowest BCUT2D eigenvalue weighted by Crippen LogP contribution is -2.48. The number of carbonyl (C=O) groups excluding carboxylic acids is 2. The van der Waals surface area contributed by atoms with Gasteiger partial charge in [-0.25, -0.2) is 8.42 Å². The zero-order valence-corrected chi connectivity index (χ0v) is 18.9. The molecule has 0 bridgehead atoms. The Morgan fingerprint density at radius 1 is 1.00 bits per heavy atom. The van der Waals surface area contributed by atoms with Gasteiger partial charge in [0.05, 0.1) is 27.0 Å². The molecule has 32 heavy (non-hydrogen) atoms. The summed E-state index contributed by atoms with van der Waals surface area (Å²) in [6.45, 7) is -0.822. The number of carbonyl (C=O) groups is 2. The second kappa shape index (κ2) is 8.82. The van der Waals surface area contributed by atoms with Crippen molar-refractivity contribution < 1.29 is 18.0 Å². The van der Waals surface area contributed by atoms with Gasteiger partial charge in [0.15, 0.2) is 0 Å². The molecule has 1 aliphatic heterocycles. The Labute approximate surface area is 195 Å². The molecular formula is C22H17Cl2N3O4S. The van der Waals surface area contributed by atoms with Gasteiger partial charge in [0.2, 0.25) is 11.8 Å². The molecule has 1 N–H and O–H groups in total. The van der Waals surface area contributed by atoms with Crippen molar-refractivity contribution in [2.45, 2.75) is 4.90 Å². The van der Waals surface area contributed by atoms with Crippen molar-refractivity contribution in [3.05, 3.63) is 82.8 Å². The lowest BCUT2D eigenvalue weighted by Gasteiger charge is -2.32.